The van der Waals surface area contributed by atoms with Crippen molar-refractivity contribution in [3.05, 3.63) is 16.7 Å². The lowest BCUT2D eigenvalue weighted by Gasteiger charge is -2.13. The van der Waals surface area contributed by atoms with Crippen molar-refractivity contribution in [3.63, 3.8) is 0 Å². The van der Waals surface area contributed by atoms with Crippen LogP contribution in [0.4, 0.5) is 0 Å². The Morgan fingerprint density at radius 3 is 2.33 bits per heavy atom. The zero-order valence-electron chi connectivity index (χ0n) is 7.73. The summed E-state index contributed by atoms with van der Waals surface area (Å²) in [5, 5.41) is 36.3. The number of aliphatic carboxylic acids is 1. The zero-order valence-corrected chi connectivity index (χ0v) is 8.49. The number of hydrogen-bond acceptors (Lipinski definition) is 4. The Morgan fingerprint density at radius 1 is 1.33 bits per heavy atom. The second kappa shape index (κ2) is 3.86. The van der Waals surface area contributed by atoms with Gasteiger partial charge in [-0.1, -0.05) is 11.6 Å². The third-order valence-electron chi connectivity index (χ3n) is 2.04. The molecule has 1 unspecified atom stereocenters. The summed E-state index contributed by atoms with van der Waals surface area (Å²) in [6, 6.07) is 0.843. The van der Waals surface area contributed by atoms with Gasteiger partial charge in [-0.15, -0.1) is 0 Å². The fourth-order valence-electron chi connectivity index (χ4n) is 1.16. The first-order chi connectivity index (χ1) is 6.86. The SMILES string of the molecule is CC(C(=O)O)c1c(O)c(O)cc(O)c1Cl. The highest BCUT2D eigenvalue weighted by Crippen LogP contribution is 2.44. The van der Waals surface area contributed by atoms with Gasteiger partial charge in [0.15, 0.2) is 11.5 Å². The van der Waals surface area contributed by atoms with E-state index in [1.165, 1.54) is 6.92 Å². The Bertz CT molecular complexity index is 389. The molecule has 15 heavy (non-hydrogen) atoms. The molecule has 1 atom stereocenters. The average molecular weight is 233 g/mol. The van der Waals surface area contributed by atoms with E-state index in [4.69, 9.17) is 16.7 Å². The molecule has 0 saturated heterocycles. The minimum atomic E-state index is -1.22. The van der Waals surface area contributed by atoms with Crippen molar-refractivity contribution in [2.24, 2.45) is 0 Å². The van der Waals surface area contributed by atoms with Crippen LogP contribution < -0.4 is 0 Å². The summed E-state index contributed by atoms with van der Waals surface area (Å²) < 4.78 is 0. The van der Waals surface area contributed by atoms with Crippen molar-refractivity contribution in [3.8, 4) is 17.2 Å². The number of carboxylic acid groups (broad SMARTS) is 1. The van der Waals surface area contributed by atoms with E-state index < -0.39 is 29.1 Å². The Balaban J connectivity index is 3.45. The fourth-order valence-corrected chi connectivity index (χ4v) is 1.47. The first-order valence-corrected chi connectivity index (χ1v) is 4.40. The lowest BCUT2D eigenvalue weighted by atomic mass is 9.99. The minimum Gasteiger partial charge on any atom is -0.506 e. The van der Waals surface area contributed by atoms with E-state index in [9.17, 15) is 20.1 Å². The van der Waals surface area contributed by atoms with Crippen LogP contribution in [0.25, 0.3) is 0 Å². The number of rotatable bonds is 2. The number of carbonyl (C=O) groups is 1. The fraction of sp³-hybridized carbons (Fsp3) is 0.222. The van der Waals surface area contributed by atoms with Crippen molar-refractivity contribution in [1.82, 2.24) is 0 Å². The predicted octanol–water partition coefficient (Wildman–Crippen LogP) is 1.64. The molecule has 0 saturated carbocycles. The Kier molecular flexibility index (Phi) is 2.95. The van der Waals surface area contributed by atoms with Gasteiger partial charge in [0, 0.05) is 11.6 Å². The van der Waals surface area contributed by atoms with Crippen molar-refractivity contribution in [2.75, 3.05) is 0 Å². The van der Waals surface area contributed by atoms with Crippen molar-refractivity contribution in [2.45, 2.75) is 12.8 Å². The van der Waals surface area contributed by atoms with Gasteiger partial charge in [-0.2, -0.15) is 0 Å². The maximum atomic E-state index is 10.7. The van der Waals surface area contributed by atoms with E-state index in [-0.39, 0.29) is 10.6 Å². The monoisotopic (exact) mass is 232 g/mol. The molecule has 0 spiro atoms. The third kappa shape index (κ3) is 1.92. The third-order valence-corrected chi connectivity index (χ3v) is 2.43. The summed E-state index contributed by atoms with van der Waals surface area (Å²) in [6.45, 7) is 1.28. The van der Waals surface area contributed by atoms with Gasteiger partial charge >= 0.3 is 5.97 Å². The van der Waals surface area contributed by atoms with Gasteiger partial charge in [-0.3, -0.25) is 4.79 Å². The van der Waals surface area contributed by atoms with Crippen molar-refractivity contribution >= 4 is 17.6 Å². The Hall–Kier alpha value is -1.62. The van der Waals surface area contributed by atoms with E-state index >= 15 is 0 Å². The molecule has 0 aliphatic heterocycles. The quantitative estimate of drug-likeness (QED) is 0.459. The van der Waals surface area contributed by atoms with Gasteiger partial charge in [-0.25, -0.2) is 0 Å². The molecule has 0 heterocycles. The highest BCUT2D eigenvalue weighted by atomic mass is 35.5. The van der Waals surface area contributed by atoms with Crippen molar-refractivity contribution < 1.29 is 25.2 Å². The second-order valence-corrected chi connectivity index (χ2v) is 3.43. The molecule has 82 valence electrons. The highest BCUT2D eigenvalue weighted by Gasteiger charge is 2.25. The molecule has 1 aromatic carbocycles. The molecule has 6 heteroatoms. The summed E-state index contributed by atoms with van der Waals surface area (Å²) in [4.78, 5) is 10.7. The normalized spacial score (nSPS) is 12.4. The van der Waals surface area contributed by atoms with Gasteiger partial charge in [-0.05, 0) is 6.92 Å². The topological polar surface area (TPSA) is 98.0 Å². The summed E-state index contributed by atoms with van der Waals surface area (Å²) in [5.74, 6) is -4.07. The number of carboxylic acids is 1. The van der Waals surface area contributed by atoms with Gasteiger partial charge in [0.05, 0.1) is 10.9 Å². The van der Waals surface area contributed by atoms with Crippen LogP contribution in [0.15, 0.2) is 6.07 Å². The van der Waals surface area contributed by atoms with Crippen LogP contribution in [0.5, 0.6) is 17.2 Å². The van der Waals surface area contributed by atoms with E-state index in [2.05, 4.69) is 0 Å². The molecule has 0 radical (unpaired) electrons. The minimum absolute atomic E-state index is 0.207. The number of phenolic OH excluding ortho intramolecular Hbond substituents is 3. The Morgan fingerprint density at radius 2 is 1.87 bits per heavy atom. The maximum Gasteiger partial charge on any atom is 0.310 e. The summed E-state index contributed by atoms with van der Waals surface area (Å²) in [7, 11) is 0. The molecule has 0 aliphatic carbocycles. The number of aromatic hydroxyl groups is 3. The molecule has 0 amide bonds. The molecule has 4 N–H and O–H groups in total. The van der Waals surface area contributed by atoms with Gasteiger partial charge in [0.1, 0.15) is 5.75 Å². The smallest absolute Gasteiger partial charge is 0.310 e. The zero-order chi connectivity index (χ0) is 11.7. The second-order valence-electron chi connectivity index (χ2n) is 3.05. The van der Waals surface area contributed by atoms with Crippen LogP contribution >= 0.6 is 11.6 Å². The van der Waals surface area contributed by atoms with E-state index in [1.54, 1.807) is 0 Å². The standard InChI is InChI=1S/C9H9ClO5/c1-3(9(14)15)6-7(10)4(11)2-5(12)8(6)13/h2-3,11-13H,1H3,(H,14,15). The molecule has 5 nitrogen and oxygen atoms in total. The molecular formula is C9H9ClO5. The van der Waals surface area contributed by atoms with Crippen LogP contribution in [0.2, 0.25) is 5.02 Å². The number of hydrogen-bond donors (Lipinski definition) is 4. The summed E-state index contributed by atoms with van der Waals surface area (Å²) in [6.07, 6.45) is 0. The Labute approximate surface area is 90.2 Å². The predicted molar refractivity (Wildman–Crippen MR) is 52.5 cm³/mol. The van der Waals surface area contributed by atoms with Crippen LogP contribution in [-0.2, 0) is 4.79 Å². The van der Waals surface area contributed by atoms with Crippen molar-refractivity contribution in [1.29, 1.82) is 0 Å². The van der Waals surface area contributed by atoms with Crippen LogP contribution in [0.1, 0.15) is 18.4 Å². The number of phenols is 3. The largest absolute Gasteiger partial charge is 0.506 e. The van der Waals surface area contributed by atoms with Crippen LogP contribution in [0, 0.1) is 0 Å². The van der Waals surface area contributed by atoms with E-state index in [1.807, 2.05) is 0 Å². The molecule has 1 rings (SSSR count). The maximum absolute atomic E-state index is 10.7. The lowest BCUT2D eigenvalue weighted by Crippen LogP contribution is -2.08. The average Bonchev–Trinajstić information content (AvgIpc) is 2.15. The molecule has 1 aromatic rings. The molecule has 0 aliphatic rings. The highest BCUT2D eigenvalue weighted by molar-refractivity contribution is 6.33. The van der Waals surface area contributed by atoms with E-state index in [0.717, 1.165) is 6.07 Å². The van der Waals surface area contributed by atoms with Crippen LogP contribution in [-0.4, -0.2) is 26.4 Å². The van der Waals surface area contributed by atoms with Gasteiger partial charge in [0.2, 0.25) is 0 Å². The molecule has 0 fully saturated rings. The first-order valence-electron chi connectivity index (χ1n) is 4.02. The molecule has 0 aromatic heterocycles. The summed E-state index contributed by atoms with van der Waals surface area (Å²) >= 11 is 5.62. The van der Waals surface area contributed by atoms with Gasteiger partial charge < -0.3 is 20.4 Å². The lowest BCUT2D eigenvalue weighted by molar-refractivity contribution is -0.138. The van der Waals surface area contributed by atoms with Crippen LogP contribution in [0.3, 0.4) is 0 Å². The van der Waals surface area contributed by atoms with Gasteiger partial charge in [0.25, 0.3) is 0 Å². The number of halogens is 1. The molecule has 0 bridgehead atoms. The first kappa shape index (κ1) is 11.5. The summed E-state index contributed by atoms with van der Waals surface area (Å²) in [5.41, 5.74) is -0.207. The van der Waals surface area contributed by atoms with E-state index in [0.29, 0.717) is 0 Å². The number of benzene rings is 1. The molecular weight excluding hydrogens is 224 g/mol.